The van der Waals surface area contributed by atoms with E-state index >= 15 is 0 Å². The van der Waals surface area contributed by atoms with E-state index in [1.54, 1.807) is 0 Å². The average molecular weight is 807 g/mol. The lowest BCUT2D eigenvalue weighted by Gasteiger charge is -2.50. The van der Waals surface area contributed by atoms with Gasteiger partial charge in [-0.2, -0.15) is 0 Å². The predicted molar refractivity (Wildman–Crippen MR) is 265 cm³/mol. The van der Waals surface area contributed by atoms with Gasteiger partial charge in [0.2, 0.25) is 0 Å². The molecule has 0 N–H and O–H groups in total. The Morgan fingerprint density at radius 3 is 1.90 bits per heavy atom. The number of benzene rings is 10. The number of anilines is 3. The molecule has 3 heteroatoms. The molecule has 292 valence electrons. The van der Waals surface area contributed by atoms with Gasteiger partial charge in [-0.3, -0.25) is 0 Å². The van der Waals surface area contributed by atoms with Crippen molar-refractivity contribution in [3.8, 4) is 16.8 Å². The zero-order valence-electron chi connectivity index (χ0n) is 34.7. The highest BCUT2D eigenvalue weighted by molar-refractivity contribution is 7.01. The third-order valence-corrected chi connectivity index (χ3v) is 17.7. The van der Waals surface area contributed by atoms with Crippen LogP contribution in [0, 0.1) is 0 Å². The predicted octanol–water partition coefficient (Wildman–Crippen LogP) is 14.1. The maximum Gasteiger partial charge on any atom is 0.113 e. The van der Waals surface area contributed by atoms with Crippen LogP contribution in [0.1, 0.15) is 22.3 Å². The van der Waals surface area contributed by atoms with Gasteiger partial charge in [0, 0.05) is 33.5 Å². The summed E-state index contributed by atoms with van der Waals surface area (Å²) < 4.78 is 2.45. The second-order valence-corrected chi connectivity index (χ2v) is 22.0. The van der Waals surface area contributed by atoms with E-state index in [1.807, 2.05) is 0 Å². The summed E-state index contributed by atoms with van der Waals surface area (Å²) in [5, 5.41) is 10.6. The molecule has 10 aromatic carbocycles. The number of aromatic nitrogens is 1. The molecule has 1 unspecified atom stereocenters. The Hall–Kier alpha value is -7.46. The third kappa shape index (κ3) is 4.74. The number of hydrogen-bond acceptors (Lipinski definition) is 1. The number of nitrogens with zero attached hydrogens (tertiary/aromatic N) is 2. The van der Waals surface area contributed by atoms with E-state index in [9.17, 15) is 0 Å². The SMILES string of the molecule is C[Si]1(C)c2ccccc2C2(c3ccccc3-c3cccc4cccc2c34)c2ccc(N(c3ccccc3)c3ccc4c5ccccc5n(-c5ccc6ccccc6c5)c4c3)cc21. The smallest absolute Gasteiger partial charge is 0.113 e. The number of para-hydroxylation sites is 2. The Balaban J connectivity index is 1.08. The lowest BCUT2D eigenvalue weighted by atomic mass is 9.59. The van der Waals surface area contributed by atoms with Crippen LogP contribution in [0.3, 0.4) is 0 Å². The van der Waals surface area contributed by atoms with E-state index in [1.165, 1.54) is 92.8 Å². The van der Waals surface area contributed by atoms with Gasteiger partial charge in [0.05, 0.1) is 16.4 Å². The molecule has 1 aromatic heterocycles. The molecule has 1 spiro atoms. The molecule has 0 fully saturated rings. The van der Waals surface area contributed by atoms with Crippen molar-refractivity contribution in [3.63, 3.8) is 0 Å². The molecule has 11 aromatic rings. The molecule has 1 aliphatic heterocycles. The second-order valence-electron chi connectivity index (χ2n) is 17.7. The number of rotatable bonds is 4. The first-order valence-electron chi connectivity index (χ1n) is 21.8. The van der Waals surface area contributed by atoms with Gasteiger partial charge in [0.15, 0.2) is 0 Å². The van der Waals surface area contributed by atoms with Crippen molar-refractivity contribution in [2.75, 3.05) is 4.90 Å². The van der Waals surface area contributed by atoms with Crippen LogP contribution in [-0.2, 0) is 5.41 Å². The van der Waals surface area contributed by atoms with Crippen molar-refractivity contribution in [2.24, 2.45) is 0 Å². The van der Waals surface area contributed by atoms with Gasteiger partial charge < -0.3 is 9.47 Å². The molecule has 2 heterocycles. The summed E-state index contributed by atoms with van der Waals surface area (Å²) in [4.78, 5) is 2.48. The highest BCUT2D eigenvalue weighted by Crippen LogP contribution is 2.56. The monoisotopic (exact) mass is 806 g/mol. The second kappa shape index (κ2) is 13.0. The maximum absolute atomic E-state index is 2.57. The van der Waals surface area contributed by atoms with E-state index < -0.39 is 13.5 Å². The highest BCUT2D eigenvalue weighted by Gasteiger charge is 2.52. The molecule has 0 saturated carbocycles. The van der Waals surface area contributed by atoms with Crippen LogP contribution in [0.25, 0.3) is 60.2 Å². The highest BCUT2D eigenvalue weighted by atomic mass is 28.3. The summed E-state index contributed by atoms with van der Waals surface area (Å²) in [5.41, 5.74) is 14.7. The fourth-order valence-electron chi connectivity index (χ4n) is 11.5. The van der Waals surface area contributed by atoms with Gasteiger partial charge in [0.1, 0.15) is 8.07 Å². The first-order chi connectivity index (χ1) is 30.5. The van der Waals surface area contributed by atoms with E-state index in [2.05, 4.69) is 241 Å². The largest absolute Gasteiger partial charge is 0.310 e. The van der Waals surface area contributed by atoms with E-state index in [0.717, 1.165) is 17.1 Å². The van der Waals surface area contributed by atoms with Crippen LogP contribution in [0.5, 0.6) is 0 Å². The standard InChI is InChI=1S/C59H42N2Si/c1-62(2)56-29-13-11-26-51(56)59(50-25-10-8-22-46(50)49-24-14-18-40-19-15-27-53(59)58(40)49)52-35-33-45(38-57(52)62)60(42-20-4-3-5-21-42)44-32-34-48-47-23-9-12-28-54(47)61(55(48)37-44)43-31-30-39-16-6-7-17-41(39)36-43/h3-38H,1-2H3. The van der Waals surface area contributed by atoms with Gasteiger partial charge in [-0.25, -0.2) is 0 Å². The molecule has 2 aliphatic rings. The van der Waals surface area contributed by atoms with Crippen molar-refractivity contribution < 1.29 is 0 Å². The minimum Gasteiger partial charge on any atom is -0.310 e. The molecule has 1 aliphatic carbocycles. The lowest BCUT2D eigenvalue weighted by molar-refractivity contribution is 0.754. The van der Waals surface area contributed by atoms with Gasteiger partial charge in [0.25, 0.3) is 0 Å². The fourth-order valence-corrected chi connectivity index (χ4v) is 14.7. The molecule has 0 bridgehead atoms. The van der Waals surface area contributed by atoms with Gasteiger partial charge in [-0.15, -0.1) is 0 Å². The molecule has 0 radical (unpaired) electrons. The summed E-state index contributed by atoms with van der Waals surface area (Å²) in [7, 11) is -2.29. The quantitative estimate of drug-likeness (QED) is 0.161. The summed E-state index contributed by atoms with van der Waals surface area (Å²) in [6.45, 7) is 5.12. The van der Waals surface area contributed by atoms with E-state index in [-0.39, 0.29) is 0 Å². The first-order valence-corrected chi connectivity index (χ1v) is 24.8. The minimum absolute atomic E-state index is 0.477. The average Bonchev–Trinajstić information content (AvgIpc) is 3.66. The van der Waals surface area contributed by atoms with Crippen LogP contribution in [0.4, 0.5) is 17.1 Å². The Bertz CT molecular complexity index is 3630. The zero-order chi connectivity index (χ0) is 41.2. The van der Waals surface area contributed by atoms with Crippen LogP contribution in [0.2, 0.25) is 13.1 Å². The van der Waals surface area contributed by atoms with Crippen LogP contribution < -0.4 is 15.3 Å². The number of hydrogen-bond donors (Lipinski definition) is 0. The van der Waals surface area contributed by atoms with Crippen molar-refractivity contribution in [2.45, 2.75) is 18.5 Å². The summed E-state index contributed by atoms with van der Waals surface area (Å²) >= 11 is 0. The summed E-state index contributed by atoms with van der Waals surface area (Å²) in [6.07, 6.45) is 0. The Morgan fingerprint density at radius 1 is 0.387 bits per heavy atom. The summed E-state index contributed by atoms with van der Waals surface area (Å²) in [5.74, 6) is 0. The maximum atomic E-state index is 2.57. The molecule has 0 saturated heterocycles. The van der Waals surface area contributed by atoms with Gasteiger partial charge in [-0.1, -0.05) is 177 Å². The lowest BCUT2D eigenvalue weighted by Crippen LogP contribution is -2.63. The van der Waals surface area contributed by atoms with Crippen LogP contribution in [-0.4, -0.2) is 12.6 Å². The molecular formula is C59H42N2Si. The molecule has 0 amide bonds. The molecule has 13 rings (SSSR count). The molecule has 1 atom stereocenters. The Morgan fingerprint density at radius 2 is 1.02 bits per heavy atom. The fraction of sp³-hybridized carbons (Fsp3) is 0.0508. The molecular weight excluding hydrogens is 765 g/mol. The zero-order valence-corrected chi connectivity index (χ0v) is 35.7. The van der Waals surface area contributed by atoms with Crippen molar-refractivity contribution in [3.05, 3.63) is 241 Å². The minimum atomic E-state index is -2.29. The summed E-state index contributed by atoms with van der Waals surface area (Å²) in [6, 6.07) is 82.2. The Labute approximate surface area is 362 Å². The first kappa shape index (κ1) is 35.3. The van der Waals surface area contributed by atoms with E-state index in [0.29, 0.717) is 0 Å². The molecule has 2 nitrogen and oxygen atoms in total. The van der Waals surface area contributed by atoms with E-state index in [4.69, 9.17) is 0 Å². The van der Waals surface area contributed by atoms with Crippen molar-refractivity contribution in [1.29, 1.82) is 0 Å². The van der Waals surface area contributed by atoms with Crippen molar-refractivity contribution >= 4 is 78.9 Å². The topological polar surface area (TPSA) is 8.17 Å². The van der Waals surface area contributed by atoms with Crippen LogP contribution >= 0.6 is 0 Å². The normalized spacial score (nSPS) is 15.8. The van der Waals surface area contributed by atoms with Crippen molar-refractivity contribution in [1.82, 2.24) is 4.57 Å². The van der Waals surface area contributed by atoms with Gasteiger partial charge in [-0.05, 0) is 120 Å². The number of fused-ring (bicyclic) bond motifs is 12. The Kier molecular flexibility index (Phi) is 7.41. The third-order valence-electron chi connectivity index (χ3n) is 14.2. The molecule has 62 heavy (non-hydrogen) atoms. The van der Waals surface area contributed by atoms with Gasteiger partial charge >= 0.3 is 0 Å². The van der Waals surface area contributed by atoms with Crippen LogP contribution in [0.15, 0.2) is 218 Å².